The summed E-state index contributed by atoms with van der Waals surface area (Å²) in [6.45, 7) is 7.82. The molecule has 0 saturated carbocycles. The molecule has 3 aromatic rings. The molecule has 3 rings (SSSR count). The third-order valence-electron chi connectivity index (χ3n) is 6.69. The zero-order valence-electron chi connectivity index (χ0n) is 24.7. The van der Waals surface area contributed by atoms with Crippen LogP contribution in [0.25, 0.3) is 0 Å². The van der Waals surface area contributed by atoms with Crippen LogP contribution in [0.4, 0.5) is 5.69 Å². The van der Waals surface area contributed by atoms with Crippen LogP contribution in [0.5, 0.6) is 0 Å². The van der Waals surface area contributed by atoms with Crippen molar-refractivity contribution in [2.75, 3.05) is 17.1 Å². The SMILES string of the molecule is Cc1cc(C)cc(N(CCCC(=O)N(Cc2ccc(Cl)c(Cl)c2)[C@@H](Cc2ccccc2)C(=O)NC(C)C)S(C)(=O)=O)c1. The minimum atomic E-state index is -3.59. The van der Waals surface area contributed by atoms with Gasteiger partial charge < -0.3 is 10.2 Å². The number of hydrogen-bond donors (Lipinski definition) is 1. The number of sulfonamides is 1. The normalized spacial score (nSPS) is 12.2. The maximum Gasteiger partial charge on any atom is 0.243 e. The average molecular weight is 633 g/mol. The molecule has 0 saturated heterocycles. The Morgan fingerprint density at radius 3 is 2.10 bits per heavy atom. The van der Waals surface area contributed by atoms with Crippen molar-refractivity contribution in [2.45, 2.75) is 65.6 Å². The molecular weight excluding hydrogens is 593 g/mol. The van der Waals surface area contributed by atoms with Gasteiger partial charge in [-0.2, -0.15) is 0 Å². The molecule has 0 fully saturated rings. The summed E-state index contributed by atoms with van der Waals surface area (Å²) in [4.78, 5) is 29.0. The standard InChI is InChI=1S/C32H39Cl2N3O4S/c1-22(2)35-32(39)30(20-25-10-7-6-8-11-25)36(21-26-13-14-28(33)29(34)19-26)31(38)12-9-15-37(42(5,40)41)27-17-23(3)16-24(4)18-27/h6-8,10-11,13-14,16-19,22,30H,9,12,15,20-21H2,1-5H3,(H,35,39)/t30-/m0/s1. The number of nitrogens with one attached hydrogen (secondary N) is 1. The van der Waals surface area contributed by atoms with Gasteiger partial charge in [0.2, 0.25) is 21.8 Å². The number of benzene rings is 3. The Kier molecular flexibility index (Phi) is 11.9. The highest BCUT2D eigenvalue weighted by molar-refractivity contribution is 7.92. The second-order valence-corrected chi connectivity index (χ2v) is 13.6. The number of halogens is 2. The van der Waals surface area contributed by atoms with Crippen LogP contribution in [-0.2, 0) is 32.6 Å². The minimum Gasteiger partial charge on any atom is -0.352 e. The first-order chi connectivity index (χ1) is 19.7. The molecule has 2 amide bonds. The highest BCUT2D eigenvalue weighted by Gasteiger charge is 2.31. The van der Waals surface area contributed by atoms with Crippen molar-refractivity contribution in [3.05, 3.63) is 99.0 Å². The van der Waals surface area contributed by atoms with Crippen molar-refractivity contribution in [3.8, 4) is 0 Å². The van der Waals surface area contributed by atoms with E-state index in [1.807, 2.05) is 76.2 Å². The molecule has 0 aromatic heterocycles. The van der Waals surface area contributed by atoms with Gasteiger partial charge in [-0.15, -0.1) is 0 Å². The monoisotopic (exact) mass is 631 g/mol. The lowest BCUT2D eigenvalue weighted by Gasteiger charge is -2.32. The van der Waals surface area contributed by atoms with E-state index in [9.17, 15) is 18.0 Å². The fraction of sp³-hybridized carbons (Fsp3) is 0.375. The number of rotatable bonds is 13. The summed E-state index contributed by atoms with van der Waals surface area (Å²) < 4.78 is 26.8. The lowest BCUT2D eigenvalue weighted by Crippen LogP contribution is -2.51. The first kappa shape index (κ1) is 33.4. The lowest BCUT2D eigenvalue weighted by molar-refractivity contribution is -0.141. The molecule has 0 aliphatic heterocycles. The second kappa shape index (κ2) is 14.9. The summed E-state index contributed by atoms with van der Waals surface area (Å²) >= 11 is 12.4. The maximum absolute atomic E-state index is 13.9. The molecule has 10 heteroatoms. The van der Waals surface area contributed by atoms with E-state index < -0.39 is 16.1 Å². The smallest absolute Gasteiger partial charge is 0.243 e. The van der Waals surface area contributed by atoms with Gasteiger partial charge in [0.15, 0.2) is 0 Å². The first-order valence-corrected chi connectivity index (χ1v) is 16.5. The fourth-order valence-corrected chi connectivity index (χ4v) is 6.14. The van der Waals surface area contributed by atoms with Crippen LogP contribution in [0.3, 0.4) is 0 Å². The van der Waals surface area contributed by atoms with Crippen molar-refractivity contribution in [1.29, 1.82) is 0 Å². The Morgan fingerprint density at radius 2 is 1.52 bits per heavy atom. The Labute approximate surface area is 259 Å². The number of aryl methyl sites for hydroxylation is 2. The van der Waals surface area contributed by atoms with Gasteiger partial charge in [-0.25, -0.2) is 8.42 Å². The summed E-state index contributed by atoms with van der Waals surface area (Å²) in [6, 6.07) is 19.3. The van der Waals surface area contributed by atoms with Crippen LogP contribution in [0.15, 0.2) is 66.7 Å². The van der Waals surface area contributed by atoms with Crippen molar-refractivity contribution < 1.29 is 18.0 Å². The minimum absolute atomic E-state index is 0.0401. The molecule has 0 unspecified atom stereocenters. The topological polar surface area (TPSA) is 86.8 Å². The number of nitrogens with zero attached hydrogens (tertiary/aromatic N) is 2. The van der Waals surface area contributed by atoms with Crippen LogP contribution in [-0.4, -0.2) is 50.0 Å². The zero-order valence-corrected chi connectivity index (χ0v) is 27.1. The summed E-state index contributed by atoms with van der Waals surface area (Å²) in [5, 5.41) is 3.71. The van der Waals surface area contributed by atoms with Crippen LogP contribution in [0.2, 0.25) is 10.0 Å². The number of carbonyl (C=O) groups is 2. The third-order valence-corrected chi connectivity index (χ3v) is 8.62. The summed E-state index contributed by atoms with van der Waals surface area (Å²) in [6.07, 6.45) is 1.78. The molecule has 0 radical (unpaired) electrons. The molecule has 0 bridgehead atoms. The molecule has 7 nitrogen and oxygen atoms in total. The van der Waals surface area contributed by atoms with Gasteiger partial charge in [0.1, 0.15) is 6.04 Å². The van der Waals surface area contributed by atoms with E-state index in [0.29, 0.717) is 22.2 Å². The molecular formula is C32H39Cl2N3O4S. The fourth-order valence-electron chi connectivity index (χ4n) is 4.87. The van der Waals surface area contributed by atoms with E-state index >= 15 is 0 Å². The van der Waals surface area contributed by atoms with Crippen molar-refractivity contribution in [1.82, 2.24) is 10.2 Å². The quantitative estimate of drug-likeness (QED) is 0.239. The van der Waals surface area contributed by atoms with E-state index in [2.05, 4.69) is 5.32 Å². The van der Waals surface area contributed by atoms with E-state index in [-0.39, 0.29) is 43.8 Å². The lowest BCUT2D eigenvalue weighted by atomic mass is 10.0. The van der Waals surface area contributed by atoms with E-state index in [1.165, 1.54) is 4.31 Å². The Bertz CT molecular complexity index is 1480. The molecule has 3 aromatic carbocycles. The molecule has 0 heterocycles. The Hall–Kier alpha value is -3.07. The predicted molar refractivity (Wildman–Crippen MR) is 172 cm³/mol. The zero-order chi connectivity index (χ0) is 31.0. The van der Waals surface area contributed by atoms with Crippen LogP contribution >= 0.6 is 23.2 Å². The third kappa shape index (κ3) is 9.75. The highest BCUT2D eigenvalue weighted by atomic mass is 35.5. The van der Waals surface area contributed by atoms with Gasteiger partial charge in [0.25, 0.3) is 0 Å². The van der Waals surface area contributed by atoms with E-state index in [1.54, 1.807) is 23.1 Å². The molecule has 0 aliphatic rings. The maximum atomic E-state index is 13.9. The summed E-state index contributed by atoms with van der Waals surface area (Å²) in [5.41, 5.74) is 4.09. The number of carbonyl (C=O) groups excluding carboxylic acids is 2. The van der Waals surface area contributed by atoms with Crippen molar-refractivity contribution in [2.24, 2.45) is 0 Å². The second-order valence-electron chi connectivity index (χ2n) is 10.9. The van der Waals surface area contributed by atoms with E-state index in [4.69, 9.17) is 23.2 Å². The summed E-state index contributed by atoms with van der Waals surface area (Å²) in [7, 11) is -3.59. The highest BCUT2D eigenvalue weighted by Crippen LogP contribution is 2.26. The van der Waals surface area contributed by atoms with Crippen molar-refractivity contribution >= 4 is 50.7 Å². The molecule has 1 N–H and O–H groups in total. The van der Waals surface area contributed by atoms with Crippen LogP contribution < -0.4 is 9.62 Å². The molecule has 42 heavy (non-hydrogen) atoms. The molecule has 1 atom stereocenters. The molecule has 0 aliphatic carbocycles. The van der Waals surface area contributed by atoms with Gasteiger partial charge in [-0.05, 0) is 80.6 Å². The molecule has 0 spiro atoms. The molecule has 226 valence electrons. The number of amides is 2. The number of hydrogen-bond acceptors (Lipinski definition) is 4. The van der Waals surface area contributed by atoms with Gasteiger partial charge in [0, 0.05) is 32.0 Å². The first-order valence-electron chi connectivity index (χ1n) is 13.9. The summed E-state index contributed by atoms with van der Waals surface area (Å²) in [5.74, 6) is -0.537. The van der Waals surface area contributed by atoms with Crippen LogP contribution in [0, 0.1) is 13.8 Å². The van der Waals surface area contributed by atoms with Gasteiger partial charge >= 0.3 is 0 Å². The average Bonchev–Trinajstić information content (AvgIpc) is 2.89. The van der Waals surface area contributed by atoms with Gasteiger partial charge in [-0.1, -0.05) is 65.7 Å². The Balaban J connectivity index is 1.91. The van der Waals surface area contributed by atoms with Gasteiger partial charge in [-0.3, -0.25) is 13.9 Å². The van der Waals surface area contributed by atoms with Gasteiger partial charge in [0.05, 0.1) is 22.0 Å². The predicted octanol–water partition coefficient (Wildman–Crippen LogP) is 6.32. The largest absolute Gasteiger partial charge is 0.352 e. The van der Waals surface area contributed by atoms with E-state index in [0.717, 1.165) is 28.5 Å². The van der Waals surface area contributed by atoms with Crippen molar-refractivity contribution in [3.63, 3.8) is 0 Å². The Morgan fingerprint density at radius 1 is 0.881 bits per heavy atom. The number of anilines is 1. The van der Waals surface area contributed by atoms with Crippen LogP contribution in [0.1, 0.15) is 48.9 Å².